The van der Waals surface area contributed by atoms with Crippen LogP contribution in [-0.4, -0.2) is 24.9 Å². The number of fused-ring (bicyclic) bond motifs is 5. The highest BCUT2D eigenvalue weighted by atomic mass is 16.5. The number of nitrogens with zero attached hydrogens (tertiary/aromatic N) is 4. The van der Waals surface area contributed by atoms with Crippen LogP contribution in [0.3, 0.4) is 0 Å². The van der Waals surface area contributed by atoms with Gasteiger partial charge >= 0.3 is 5.97 Å². The Morgan fingerprint density at radius 2 is 1.61 bits per heavy atom. The normalized spacial score (nSPS) is 11.9. The Morgan fingerprint density at radius 1 is 0.903 bits per heavy atom. The molecule has 0 aliphatic carbocycles. The van der Waals surface area contributed by atoms with E-state index in [1.54, 1.807) is 0 Å². The monoisotopic (exact) mass is 412 g/mol. The molecule has 6 nitrogen and oxygen atoms in total. The molecule has 2 aromatic carbocycles. The van der Waals surface area contributed by atoms with Gasteiger partial charge in [0, 0.05) is 11.6 Å². The molecule has 0 N–H and O–H groups in total. The minimum atomic E-state index is -0.283. The van der Waals surface area contributed by atoms with E-state index in [2.05, 4.69) is 18.2 Å². The van der Waals surface area contributed by atoms with Gasteiger partial charge in [0.1, 0.15) is 11.2 Å². The van der Waals surface area contributed by atoms with Crippen LogP contribution in [0.5, 0.6) is 5.75 Å². The van der Waals surface area contributed by atoms with E-state index in [-0.39, 0.29) is 17.8 Å². The summed E-state index contributed by atoms with van der Waals surface area (Å²) in [5.74, 6) is 1.03. The first-order valence-corrected chi connectivity index (χ1v) is 10.5. The number of imidazole rings is 1. The van der Waals surface area contributed by atoms with Crippen molar-refractivity contribution >= 4 is 33.7 Å². The van der Waals surface area contributed by atoms with Crippen LogP contribution in [0.15, 0.2) is 60.8 Å². The first-order chi connectivity index (χ1) is 15.0. The second-order valence-corrected chi connectivity index (χ2v) is 8.36. The summed E-state index contributed by atoms with van der Waals surface area (Å²) in [4.78, 5) is 22.5. The highest BCUT2D eigenvalue weighted by Gasteiger charge is 2.24. The summed E-state index contributed by atoms with van der Waals surface area (Å²) in [6, 6.07) is 18.0. The Hall–Kier alpha value is -3.67. The van der Waals surface area contributed by atoms with E-state index >= 15 is 0 Å². The van der Waals surface area contributed by atoms with Crippen molar-refractivity contribution in [1.29, 1.82) is 0 Å². The summed E-state index contributed by atoms with van der Waals surface area (Å²) in [6.45, 7) is 7.90. The third-order valence-electron chi connectivity index (χ3n) is 5.41. The van der Waals surface area contributed by atoms with Crippen molar-refractivity contribution in [3.8, 4) is 11.4 Å². The van der Waals surface area contributed by atoms with Crippen LogP contribution >= 0.6 is 0 Å². The van der Waals surface area contributed by atoms with Crippen LogP contribution in [0, 0.1) is 5.92 Å². The Balaban J connectivity index is 1.93. The van der Waals surface area contributed by atoms with Gasteiger partial charge in [-0.25, -0.2) is 9.97 Å². The number of ether oxygens (including phenoxy) is 1. The standard InChI is InChI=1S/C25H24N4O2/c1-15(2)22-27-23-21(24-26-18-12-8-9-13-19(18)29(22)24)20(31-25(30)16(3)4)14-28(23)17-10-6-5-7-11-17/h5-16H,1-4H3. The average molecular weight is 412 g/mol. The van der Waals surface area contributed by atoms with Crippen LogP contribution in [0.2, 0.25) is 0 Å². The number of esters is 1. The van der Waals surface area contributed by atoms with Crippen LogP contribution in [0.25, 0.3) is 33.4 Å². The molecular weight excluding hydrogens is 388 g/mol. The van der Waals surface area contributed by atoms with Crippen molar-refractivity contribution in [1.82, 2.24) is 18.9 Å². The fourth-order valence-corrected chi connectivity index (χ4v) is 3.85. The number of carbonyl (C=O) groups excluding carboxylic acids is 1. The molecule has 31 heavy (non-hydrogen) atoms. The van der Waals surface area contributed by atoms with Gasteiger partial charge in [-0.05, 0) is 24.3 Å². The maximum atomic E-state index is 12.5. The molecule has 0 amide bonds. The van der Waals surface area contributed by atoms with Crippen molar-refractivity contribution in [2.75, 3.05) is 0 Å². The lowest BCUT2D eigenvalue weighted by atomic mass is 10.2. The van der Waals surface area contributed by atoms with E-state index in [0.717, 1.165) is 39.2 Å². The molecule has 0 bridgehead atoms. The number of hydrogen-bond acceptors (Lipinski definition) is 4. The van der Waals surface area contributed by atoms with Crippen molar-refractivity contribution in [2.24, 2.45) is 5.92 Å². The number of aromatic nitrogens is 4. The van der Waals surface area contributed by atoms with Gasteiger partial charge in [0.05, 0.1) is 23.1 Å². The number of benzene rings is 2. The second-order valence-electron chi connectivity index (χ2n) is 8.36. The molecule has 156 valence electrons. The van der Waals surface area contributed by atoms with Gasteiger partial charge in [-0.1, -0.05) is 58.0 Å². The van der Waals surface area contributed by atoms with E-state index in [4.69, 9.17) is 14.7 Å². The minimum absolute atomic E-state index is 0.172. The summed E-state index contributed by atoms with van der Waals surface area (Å²) < 4.78 is 9.91. The van der Waals surface area contributed by atoms with Gasteiger partial charge in [0.2, 0.25) is 0 Å². The maximum absolute atomic E-state index is 12.5. The third-order valence-corrected chi connectivity index (χ3v) is 5.41. The fraction of sp³-hybridized carbons (Fsp3) is 0.240. The zero-order valence-corrected chi connectivity index (χ0v) is 18.0. The van der Waals surface area contributed by atoms with Crippen LogP contribution in [-0.2, 0) is 4.79 Å². The highest BCUT2D eigenvalue weighted by molar-refractivity contribution is 6.01. The van der Waals surface area contributed by atoms with E-state index in [1.165, 1.54) is 0 Å². The van der Waals surface area contributed by atoms with E-state index in [9.17, 15) is 4.79 Å². The molecule has 0 fully saturated rings. The molecule has 0 radical (unpaired) electrons. The topological polar surface area (TPSA) is 61.4 Å². The summed E-state index contributed by atoms with van der Waals surface area (Å²) in [5.41, 5.74) is 4.29. The summed E-state index contributed by atoms with van der Waals surface area (Å²) in [6.07, 6.45) is 1.84. The fourth-order valence-electron chi connectivity index (χ4n) is 3.85. The minimum Gasteiger partial charge on any atom is -0.424 e. The lowest BCUT2D eigenvalue weighted by Gasteiger charge is -2.12. The van der Waals surface area contributed by atoms with Crippen LogP contribution in [0.4, 0.5) is 0 Å². The quantitative estimate of drug-likeness (QED) is 0.365. The van der Waals surface area contributed by atoms with E-state index in [0.29, 0.717) is 5.75 Å². The summed E-state index contributed by atoms with van der Waals surface area (Å²) >= 11 is 0. The van der Waals surface area contributed by atoms with Gasteiger partial charge in [-0.3, -0.25) is 13.8 Å². The molecule has 0 aliphatic rings. The molecule has 5 aromatic rings. The number of rotatable bonds is 4. The molecule has 0 saturated carbocycles. The predicted octanol–water partition coefficient (Wildman–Crippen LogP) is 5.51. The van der Waals surface area contributed by atoms with E-state index < -0.39 is 0 Å². The highest BCUT2D eigenvalue weighted by Crippen LogP contribution is 2.36. The average Bonchev–Trinajstić information content (AvgIpc) is 3.32. The number of para-hydroxylation sites is 3. The lowest BCUT2D eigenvalue weighted by molar-refractivity contribution is -0.137. The van der Waals surface area contributed by atoms with Crippen molar-refractivity contribution in [3.63, 3.8) is 0 Å². The molecule has 0 unspecified atom stereocenters. The van der Waals surface area contributed by atoms with E-state index in [1.807, 2.05) is 79.2 Å². The van der Waals surface area contributed by atoms with Gasteiger partial charge < -0.3 is 4.74 Å². The number of hydrogen-bond donors (Lipinski definition) is 0. The Morgan fingerprint density at radius 3 is 2.32 bits per heavy atom. The molecule has 6 heteroatoms. The molecule has 0 spiro atoms. The van der Waals surface area contributed by atoms with Crippen molar-refractivity contribution in [2.45, 2.75) is 33.6 Å². The molecule has 3 aromatic heterocycles. The van der Waals surface area contributed by atoms with Crippen LogP contribution < -0.4 is 4.74 Å². The lowest BCUT2D eigenvalue weighted by Crippen LogP contribution is -2.14. The van der Waals surface area contributed by atoms with Gasteiger partial charge in [0.25, 0.3) is 0 Å². The Kier molecular flexibility index (Phi) is 4.50. The van der Waals surface area contributed by atoms with Gasteiger partial charge in [-0.2, -0.15) is 0 Å². The Labute approximate surface area is 180 Å². The smallest absolute Gasteiger partial charge is 0.313 e. The summed E-state index contributed by atoms with van der Waals surface area (Å²) in [7, 11) is 0. The number of carbonyl (C=O) groups is 1. The molecule has 0 aliphatic heterocycles. The van der Waals surface area contributed by atoms with Gasteiger partial charge in [0.15, 0.2) is 17.0 Å². The second kappa shape index (κ2) is 7.23. The molecule has 0 atom stereocenters. The van der Waals surface area contributed by atoms with Gasteiger partial charge in [-0.15, -0.1) is 0 Å². The molecule has 0 saturated heterocycles. The molecule has 5 rings (SSSR count). The molecule has 3 heterocycles. The van der Waals surface area contributed by atoms with Crippen molar-refractivity contribution < 1.29 is 9.53 Å². The zero-order chi connectivity index (χ0) is 21.7. The molecular formula is C25H24N4O2. The first kappa shape index (κ1) is 19.3. The predicted molar refractivity (Wildman–Crippen MR) is 122 cm³/mol. The van der Waals surface area contributed by atoms with Crippen LogP contribution in [0.1, 0.15) is 39.4 Å². The first-order valence-electron chi connectivity index (χ1n) is 10.5. The maximum Gasteiger partial charge on any atom is 0.313 e. The SMILES string of the molecule is CC(C)C(=O)Oc1cn(-c2ccccc2)c2nc(C(C)C)n3c4ccccc4nc3c12. The zero-order valence-electron chi connectivity index (χ0n) is 18.0. The largest absolute Gasteiger partial charge is 0.424 e. The summed E-state index contributed by atoms with van der Waals surface area (Å²) in [5, 5.41) is 0.735. The third kappa shape index (κ3) is 3.06. The Bertz CT molecular complexity index is 1430. The van der Waals surface area contributed by atoms with Crippen molar-refractivity contribution in [3.05, 3.63) is 66.6 Å².